The molecule has 1 N–H and O–H groups in total. The molecule has 204 valence electrons. The van der Waals surface area contributed by atoms with Gasteiger partial charge in [0.15, 0.2) is 0 Å². The van der Waals surface area contributed by atoms with Crippen molar-refractivity contribution in [3.05, 3.63) is 23.8 Å². The monoisotopic (exact) mass is 515 g/mol. The molecule has 0 aliphatic carbocycles. The largest absolute Gasteiger partial charge is 0.497 e. The fourth-order valence-electron chi connectivity index (χ4n) is 5.98. The first-order valence-electron chi connectivity index (χ1n) is 13.7. The molecule has 2 amide bonds. The summed E-state index contributed by atoms with van der Waals surface area (Å²) in [5, 5.41) is 3.23. The van der Waals surface area contributed by atoms with Crippen molar-refractivity contribution in [3.63, 3.8) is 0 Å². The third-order valence-electron chi connectivity index (χ3n) is 8.12. The Balaban J connectivity index is 1.24. The van der Waals surface area contributed by atoms with Crippen LogP contribution >= 0.6 is 0 Å². The van der Waals surface area contributed by atoms with Crippen LogP contribution in [0, 0.1) is 5.92 Å². The van der Waals surface area contributed by atoms with Gasteiger partial charge in [-0.2, -0.15) is 0 Å². The minimum absolute atomic E-state index is 0.0186. The fraction of sp³-hybridized carbons (Fsp3) is 0.704. The van der Waals surface area contributed by atoms with Gasteiger partial charge in [0.2, 0.25) is 11.8 Å². The Morgan fingerprint density at radius 1 is 1.00 bits per heavy atom. The zero-order chi connectivity index (χ0) is 25.6. The van der Waals surface area contributed by atoms with Crippen LogP contribution in [0.1, 0.15) is 12.0 Å². The third kappa shape index (κ3) is 6.37. The van der Waals surface area contributed by atoms with E-state index in [2.05, 4.69) is 32.1 Å². The normalized spacial score (nSPS) is 24.8. The number of carbonyl (C=O) groups excluding carboxylic acids is 2. The Bertz CT molecular complexity index is 934. The van der Waals surface area contributed by atoms with Crippen LogP contribution in [0.4, 0.5) is 5.69 Å². The van der Waals surface area contributed by atoms with E-state index >= 15 is 0 Å². The minimum Gasteiger partial charge on any atom is -0.497 e. The molecule has 0 bridgehead atoms. The molecule has 1 aromatic carbocycles. The molecule has 2 unspecified atom stereocenters. The van der Waals surface area contributed by atoms with E-state index in [-0.39, 0.29) is 23.8 Å². The van der Waals surface area contributed by atoms with Crippen molar-refractivity contribution in [3.8, 4) is 5.75 Å². The van der Waals surface area contributed by atoms with Gasteiger partial charge in [-0.15, -0.1) is 0 Å². The number of ether oxygens (including phenoxy) is 3. The first-order valence-corrected chi connectivity index (χ1v) is 13.7. The highest BCUT2D eigenvalue weighted by atomic mass is 16.5. The number of rotatable bonds is 8. The predicted octanol–water partition coefficient (Wildman–Crippen LogP) is 0.0554. The molecule has 0 radical (unpaired) electrons. The number of nitrogens with one attached hydrogen (secondary N) is 1. The molecule has 1 aromatic rings. The number of methoxy groups -OCH3 is 1. The van der Waals surface area contributed by atoms with E-state index < -0.39 is 0 Å². The summed E-state index contributed by atoms with van der Waals surface area (Å²) in [5.74, 6) is 0.928. The van der Waals surface area contributed by atoms with Crippen molar-refractivity contribution < 1.29 is 23.8 Å². The van der Waals surface area contributed by atoms with E-state index in [1.54, 1.807) is 7.11 Å². The number of morpholine rings is 2. The molecule has 0 spiro atoms. The summed E-state index contributed by atoms with van der Waals surface area (Å²) in [4.78, 5) is 35.3. The van der Waals surface area contributed by atoms with E-state index in [0.717, 1.165) is 63.8 Å². The quantitative estimate of drug-likeness (QED) is 0.487. The van der Waals surface area contributed by atoms with Gasteiger partial charge in [0.1, 0.15) is 5.75 Å². The van der Waals surface area contributed by atoms with Crippen LogP contribution in [0.3, 0.4) is 0 Å². The average molecular weight is 516 g/mol. The highest BCUT2D eigenvalue weighted by Crippen LogP contribution is 2.38. The standard InChI is InChI=1S/C27H41N5O5/c1-35-22-4-3-21-17-23(27(34)28-5-2-6-29-9-13-36-14-10-29)25-19-30(7-8-32(25)24(21)18-22)20-26(33)31-11-15-37-16-12-31/h3-4,18,23,25H,2,5-17,19-20H2,1H3,(H,28,34). The van der Waals surface area contributed by atoms with E-state index in [1.807, 2.05) is 11.0 Å². The molecule has 5 rings (SSSR count). The molecule has 0 aromatic heterocycles. The summed E-state index contributed by atoms with van der Waals surface area (Å²) in [6.07, 6.45) is 1.63. The lowest BCUT2D eigenvalue weighted by molar-refractivity contribution is -0.136. The van der Waals surface area contributed by atoms with E-state index in [1.165, 1.54) is 5.56 Å². The van der Waals surface area contributed by atoms with Crippen LogP contribution in [0.25, 0.3) is 0 Å². The average Bonchev–Trinajstić information content (AvgIpc) is 2.95. The number of amides is 2. The smallest absolute Gasteiger partial charge is 0.236 e. The molecule has 4 aliphatic heterocycles. The molecule has 2 atom stereocenters. The van der Waals surface area contributed by atoms with E-state index in [0.29, 0.717) is 52.4 Å². The molecule has 37 heavy (non-hydrogen) atoms. The van der Waals surface area contributed by atoms with Crippen molar-refractivity contribution >= 4 is 17.5 Å². The van der Waals surface area contributed by atoms with Gasteiger partial charge in [-0.05, 0) is 31.0 Å². The Kier molecular flexibility index (Phi) is 8.81. The Hall–Kier alpha value is -2.40. The maximum atomic E-state index is 13.5. The predicted molar refractivity (Wildman–Crippen MR) is 140 cm³/mol. The first kappa shape index (κ1) is 26.2. The van der Waals surface area contributed by atoms with Crippen molar-refractivity contribution in [2.24, 2.45) is 5.92 Å². The minimum atomic E-state index is -0.162. The summed E-state index contributed by atoms with van der Waals surface area (Å²) in [5.41, 5.74) is 2.34. The Morgan fingerprint density at radius 2 is 1.76 bits per heavy atom. The summed E-state index contributed by atoms with van der Waals surface area (Å²) in [7, 11) is 1.68. The summed E-state index contributed by atoms with van der Waals surface area (Å²) in [6, 6.07) is 6.18. The lowest BCUT2D eigenvalue weighted by Crippen LogP contribution is -2.62. The molecule has 0 saturated carbocycles. The van der Waals surface area contributed by atoms with Crippen LogP contribution in [0.5, 0.6) is 5.75 Å². The first-order chi connectivity index (χ1) is 18.1. The molecule has 3 saturated heterocycles. The second-order valence-corrected chi connectivity index (χ2v) is 10.4. The van der Waals surface area contributed by atoms with Crippen molar-refractivity contribution in [1.29, 1.82) is 0 Å². The number of fused-ring (bicyclic) bond motifs is 3. The van der Waals surface area contributed by atoms with Gasteiger partial charge in [-0.1, -0.05) is 6.07 Å². The fourth-order valence-corrected chi connectivity index (χ4v) is 5.98. The number of nitrogens with zero attached hydrogens (tertiary/aromatic N) is 4. The lowest BCUT2D eigenvalue weighted by atomic mass is 9.83. The lowest BCUT2D eigenvalue weighted by Gasteiger charge is -2.49. The molecule has 4 heterocycles. The van der Waals surface area contributed by atoms with Crippen LogP contribution < -0.4 is 15.0 Å². The van der Waals surface area contributed by atoms with Crippen LogP contribution in [0.2, 0.25) is 0 Å². The van der Waals surface area contributed by atoms with Crippen LogP contribution in [-0.2, 0) is 25.5 Å². The maximum absolute atomic E-state index is 13.5. The van der Waals surface area contributed by atoms with E-state index in [9.17, 15) is 9.59 Å². The maximum Gasteiger partial charge on any atom is 0.236 e. The number of carbonyl (C=O) groups is 2. The number of piperazine rings is 1. The summed E-state index contributed by atoms with van der Waals surface area (Å²) in [6.45, 7) is 10.3. The van der Waals surface area contributed by atoms with Gasteiger partial charge in [-0.3, -0.25) is 19.4 Å². The van der Waals surface area contributed by atoms with Gasteiger partial charge in [0.25, 0.3) is 0 Å². The van der Waals surface area contributed by atoms with Gasteiger partial charge in [0, 0.05) is 64.1 Å². The van der Waals surface area contributed by atoms with Gasteiger partial charge in [-0.25, -0.2) is 0 Å². The number of benzene rings is 1. The molecule has 10 heteroatoms. The van der Waals surface area contributed by atoms with Gasteiger partial charge >= 0.3 is 0 Å². The summed E-state index contributed by atoms with van der Waals surface area (Å²) < 4.78 is 16.3. The Labute approximate surface area is 219 Å². The zero-order valence-electron chi connectivity index (χ0n) is 22.0. The van der Waals surface area contributed by atoms with Crippen molar-refractivity contribution in [1.82, 2.24) is 20.0 Å². The van der Waals surface area contributed by atoms with Crippen LogP contribution in [-0.4, -0.2) is 132 Å². The molecular formula is C27H41N5O5. The molecule has 10 nitrogen and oxygen atoms in total. The van der Waals surface area contributed by atoms with Gasteiger partial charge < -0.3 is 29.3 Å². The second-order valence-electron chi connectivity index (χ2n) is 10.4. The number of anilines is 1. The Morgan fingerprint density at radius 3 is 2.51 bits per heavy atom. The van der Waals surface area contributed by atoms with E-state index in [4.69, 9.17) is 14.2 Å². The van der Waals surface area contributed by atoms with Crippen molar-refractivity contribution in [2.75, 3.05) is 104 Å². The highest BCUT2D eigenvalue weighted by Gasteiger charge is 2.42. The number of hydrogen-bond donors (Lipinski definition) is 1. The second kappa shape index (κ2) is 12.4. The molecule has 3 fully saturated rings. The summed E-state index contributed by atoms with van der Waals surface area (Å²) >= 11 is 0. The number of hydrogen-bond acceptors (Lipinski definition) is 8. The highest BCUT2D eigenvalue weighted by molar-refractivity contribution is 5.82. The van der Waals surface area contributed by atoms with Gasteiger partial charge in [0.05, 0.1) is 52.0 Å². The molecular weight excluding hydrogens is 474 g/mol. The topological polar surface area (TPSA) is 86.8 Å². The molecule has 4 aliphatic rings. The zero-order valence-corrected chi connectivity index (χ0v) is 22.0. The third-order valence-corrected chi connectivity index (χ3v) is 8.12. The van der Waals surface area contributed by atoms with Crippen LogP contribution in [0.15, 0.2) is 18.2 Å². The van der Waals surface area contributed by atoms with Crippen molar-refractivity contribution in [2.45, 2.75) is 18.9 Å². The SMILES string of the molecule is COc1ccc2c(c1)N1CCN(CC(=O)N3CCOCC3)CC1C(C(=O)NCCCN1CCOCC1)C2.